The van der Waals surface area contributed by atoms with Crippen LogP contribution in [0.2, 0.25) is 5.02 Å². The monoisotopic (exact) mass is 429 g/mol. The fourth-order valence-corrected chi connectivity index (χ4v) is 3.63. The van der Waals surface area contributed by atoms with Crippen LogP contribution in [0.1, 0.15) is 30.4 Å². The Morgan fingerprint density at radius 1 is 1.10 bits per heavy atom. The molecule has 0 spiro atoms. The lowest BCUT2D eigenvalue weighted by molar-refractivity contribution is -0.141. The molecule has 2 aromatic carbocycles. The van der Waals surface area contributed by atoms with E-state index >= 15 is 0 Å². The zero-order valence-electron chi connectivity index (χ0n) is 17.4. The van der Waals surface area contributed by atoms with Crippen molar-refractivity contribution in [3.05, 3.63) is 69.9 Å². The molecule has 1 amide bonds. The van der Waals surface area contributed by atoms with Crippen molar-refractivity contribution in [2.75, 3.05) is 21.3 Å². The van der Waals surface area contributed by atoms with Crippen molar-refractivity contribution in [2.24, 2.45) is 0 Å². The van der Waals surface area contributed by atoms with E-state index in [9.17, 15) is 9.59 Å². The van der Waals surface area contributed by atoms with Crippen LogP contribution in [0.15, 0.2) is 53.7 Å². The Morgan fingerprint density at radius 2 is 1.77 bits per heavy atom. The van der Waals surface area contributed by atoms with Gasteiger partial charge >= 0.3 is 5.97 Å². The van der Waals surface area contributed by atoms with E-state index in [1.165, 1.54) is 4.90 Å². The first-order valence-corrected chi connectivity index (χ1v) is 9.84. The molecule has 1 atom stereocenters. The first-order chi connectivity index (χ1) is 14.3. The van der Waals surface area contributed by atoms with Crippen LogP contribution < -0.4 is 9.47 Å². The third-order valence-electron chi connectivity index (χ3n) is 5.30. The summed E-state index contributed by atoms with van der Waals surface area (Å²) in [7, 11) is 4.77. The molecule has 3 rings (SSSR count). The number of hydrogen-bond donors (Lipinski definition) is 0. The van der Waals surface area contributed by atoms with Gasteiger partial charge in [-0.05, 0) is 42.3 Å². The van der Waals surface area contributed by atoms with Crippen LogP contribution in [-0.4, -0.2) is 38.0 Å². The van der Waals surface area contributed by atoms with E-state index in [1.807, 2.05) is 18.2 Å². The molecule has 0 saturated heterocycles. The van der Waals surface area contributed by atoms with Gasteiger partial charge in [-0.2, -0.15) is 0 Å². The van der Waals surface area contributed by atoms with Crippen LogP contribution in [0, 0.1) is 0 Å². The summed E-state index contributed by atoms with van der Waals surface area (Å²) in [4.78, 5) is 27.0. The van der Waals surface area contributed by atoms with Gasteiger partial charge in [0.25, 0.3) is 0 Å². The maximum absolute atomic E-state index is 13.1. The number of rotatable bonds is 6. The predicted molar refractivity (Wildman–Crippen MR) is 114 cm³/mol. The molecule has 0 aliphatic carbocycles. The van der Waals surface area contributed by atoms with Gasteiger partial charge in [0.15, 0.2) is 11.5 Å². The molecule has 0 fully saturated rings. The summed E-state index contributed by atoms with van der Waals surface area (Å²) in [6.45, 7) is 1.83. The first kappa shape index (κ1) is 21.7. The average Bonchev–Trinajstić information content (AvgIpc) is 2.75. The van der Waals surface area contributed by atoms with Gasteiger partial charge in [0.05, 0.1) is 19.8 Å². The van der Waals surface area contributed by atoms with E-state index in [1.54, 1.807) is 52.5 Å². The fraction of sp³-hybridized carbons (Fsp3) is 0.304. The molecule has 158 valence electrons. The van der Waals surface area contributed by atoms with Crippen LogP contribution in [0.25, 0.3) is 0 Å². The molecule has 0 radical (unpaired) electrons. The number of halogens is 1. The van der Waals surface area contributed by atoms with Gasteiger partial charge < -0.3 is 19.1 Å². The molecule has 1 aliphatic rings. The van der Waals surface area contributed by atoms with Gasteiger partial charge in [0.1, 0.15) is 6.61 Å². The normalized spacial score (nSPS) is 16.5. The van der Waals surface area contributed by atoms with Crippen LogP contribution in [0.5, 0.6) is 11.5 Å². The summed E-state index contributed by atoms with van der Waals surface area (Å²) >= 11 is 6.00. The summed E-state index contributed by atoms with van der Waals surface area (Å²) in [6, 6.07) is 12.5. The molecule has 0 bridgehead atoms. The minimum absolute atomic E-state index is 0.0520. The van der Waals surface area contributed by atoms with Gasteiger partial charge in [0, 0.05) is 30.1 Å². The number of ether oxygens (including phenoxy) is 3. The summed E-state index contributed by atoms with van der Waals surface area (Å²) in [5.41, 5.74) is 2.67. The van der Waals surface area contributed by atoms with Crippen molar-refractivity contribution in [1.29, 1.82) is 0 Å². The van der Waals surface area contributed by atoms with E-state index in [0.717, 1.165) is 11.1 Å². The number of carbonyl (C=O) groups excluding carboxylic acids is 2. The molecule has 0 N–H and O–H groups in total. The molecule has 1 heterocycles. The maximum atomic E-state index is 13.1. The number of methoxy groups -OCH3 is 2. The molecule has 1 aliphatic heterocycles. The average molecular weight is 430 g/mol. The molecule has 7 heteroatoms. The van der Waals surface area contributed by atoms with Gasteiger partial charge in [0.2, 0.25) is 5.91 Å². The maximum Gasteiger partial charge on any atom is 0.336 e. The Balaban J connectivity index is 1.85. The topological polar surface area (TPSA) is 65.1 Å². The quantitative estimate of drug-likeness (QED) is 0.640. The number of allylic oxidation sites excluding steroid dienone is 1. The summed E-state index contributed by atoms with van der Waals surface area (Å²) in [6.07, 6.45) is 0.191. The second-order valence-electron chi connectivity index (χ2n) is 7.03. The van der Waals surface area contributed by atoms with E-state index in [2.05, 4.69) is 0 Å². The molecule has 30 heavy (non-hydrogen) atoms. The lowest BCUT2D eigenvalue weighted by Gasteiger charge is -2.32. The number of esters is 1. The van der Waals surface area contributed by atoms with Crippen LogP contribution in [-0.2, 0) is 20.9 Å². The number of nitrogens with zero attached hydrogens (tertiary/aromatic N) is 1. The minimum atomic E-state index is -0.457. The zero-order chi connectivity index (χ0) is 21.8. The number of hydrogen-bond acceptors (Lipinski definition) is 5. The standard InChI is InChI=1S/C23H24ClNO5/c1-14-22(18(12-21(26)25(14)2)16-6-8-17(24)9-7-16)23(27)30-13-15-5-10-19(28-3)20(11-15)29-4/h5-11,18H,12-13H2,1-4H3. The molecular weight excluding hydrogens is 406 g/mol. The van der Waals surface area contributed by atoms with E-state index in [0.29, 0.717) is 27.8 Å². The zero-order valence-corrected chi connectivity index (χ0v) is 18.2. The third kappa shape index (κ3) is 4.44. The lowest BCUT2D eigenvalue weighted by Crippen LogP contribution is -2.35. The highest BCUT2D eigenvalue weighted by molar-refractivity contribution is 6.30. The Labute approximate surface area is 181 Å². The van der Waals surface area contributed by atoms with Crippen molar-refractivity contribution in [2.45, 2.75) is 25.9 Å². The number of amides is 1. The predicted octanol–water partition coefficient (Wildman–Crippen LogP) is 4.32. The third-order valence-corrected chi connectivity index (χ3v) is 5.56. The van der Waals surface area contributed by atoms with Gasteiger partial charge in [-0.25, -0.2) is 4.79 Å². The number of carbonyl (C=O) groups is 2. The fourth-order valence-electron chi connectivity index (χ4n) is 3.50. The summed E-state index contributed by atoms with van der Waals surface area (Å²) in [5, 5.41) is 0.594. The van der Waals surface area contributed by atoms with Crippen molar-refractivity contribution in [3.8, 4) is 11.5 Å². The smallest absolute Gasteiger partial charge is 0.336 e. The Hall–Kier alpha value is -2.99. The second-order valence-corrected chi connectivity index (χ2v) is 7.46. The van der Waals surface area contributed by atoms with Crippen LogP contribution in [0.3, 0.4) is 0 Å². The Kier molecular flexibility index (Phi) is 6.67. The molecule has 6 nitrogen and oxygen atoms in total. The summed E-state index contributed by atoms with van der Waals surface area (Å²) < 4.78 is 16.1. The highest BCUT2D eigenvalue weighted by Crippen LogP contribution is 2.37. The summed E-state index contributed by atoms with van der Waals surface area (Å²) in [5.74, 6) is 0.263. The van der Waals surface area contributed by atoms with E-state index in [-0.39, 0.29) is 24.9 Å². The van der Waals surface area contributed by atoms with Crippen molar-refractivity contribution >= 4 is 23.5 Å². The van der Waals surface area contributed by atoms with Crippen molar-refractivity contribution in [1.82, 2.24) is 4.90 Å². The van der Waals surface area contributed by atoms with Gasteiger partial charge in [-0.1, -0.05) is 29.8 Å². The van der Waals surface area contributed by atoms with Crippen LogP contribution >= 0.6 is 11.6 Å². The highest BCUT2D eigenvalue weighted by Gasteiger charge is 2.35. The Morgan fingerprint density at radius 3 is 2.40 bits per heavy atom. The second kappa shape index (κ2) is 9.22. The SMILES string of the molecule is COc1ccc(COC(=O)C2=C(C)N(C)C(=O)CC2c2ccc(Cl)cc2)cc1OC. The van der Waals surface area contributed by atoms with Gasteiger partial charge in [-0.3, -0.25) is 4.79 Å². The first-order valence-electron chi connectivity index (χ1n) is 9.46. The molecular formula is C23H24ClNO5. The van der Waals surface area contributed by atoms with Crippen LogP contribution in [0.4, 0.5) is 0 Å². The largest absolute Gasteiger partial charge is 0.493 e. The molecule has 0 saturated carbocycles. The van der Waals surface area contributed by atoms with E-state index in [4.69, 9.17) is 25.8 Å². The lowest BCUT2D eigenvalue weighted by atomic mass is 9.84. The molecule has 1 unspecified atom stereocenters. The van der Waals surface area contributed by atoms with Gasteiger partial charge in [-0.15, -0.1) is 0 Å². The molecule has 0 aromatic heterocycles. The van der Waals surface area contributed by atoms with Crippen molar-refractivity contribution in [3.63, 3.8) is 0 Å². The van der Waals surface area contributed by atoms with Crippen molar-refractivity contribution < 1.29 is 23.8 Å². The number of benzene rings is 2. The molecule has 2 aromatic rings. The minimum Gasteiger partial charge on any atom is -0.493 e. The Bertz CT molecular complexity index is 984. The van der Waals surface area contributed by atoms with E-state index < -0.39 is 5.97 Å². The highest BCUT2D eigenvalue weighted by atomic mass is 35.5.